The molecule has 0 aliphatic heterocycles. The van der Waals surface area contributed by atoms with E-state index in [0.717, 1.165) is 21.5 Å². The monoisotopic (exact) mass is 223 g/mol. The third-order valence-electron chi connectivity index (χ3n) is 1.96. The van der Waals surface area contributed by atoms with Crippen LogP contribution in [0.5, 0.6) is 0 Å². The van der Waals surface area contributed by atoms with Gasteiger partial charge in [-0.05, 0) is 19.1 Å². The summed E-state index contributed by atoms with van der Waals surface area (Å²) in [6, 6.07) is 3.91. The predicted octanol–water partition coefficient (Wildman–Crippen LogP) is 2.12. The smallest absolute Gasteiger partial charge is 0.183 e. The number of anilines is 1. The summed E-state index contributed by atoms with van der Waals surface area (Å²) in [4.78, 5) is 5.27. The van der Waals surface area contributed by atoms with Gasteiger partial charge in [-0.1, -0.05) is 0 Å². The first-order valence-corrected chi connectivity index (χ1v) is 5.53. The fourth-order valence-corrected chi connectivity index (χ4v) is 1.91. The minimum Gasteiger partial charge on any atom is -0.465 e. The number of nitrogens with zero attached hydrogens (tertiary/aromatic N) is 1. The highest BCUT2D eigenvalue weighted by molar-refractivity contribution is 7.15. The molecular weight excluding hydrogens is 210 g/mol. The van der Waals surface area contributed by atoms with E-state index in [0.29, 0.717) is 13.1 Å². The molecule has 15 heavy (non-hydrogen) atoms. The predicted molar refractivity (Wildman–Crippen MR) is 60.8 cm³/mol. The van der Waals surface area contributed by atoms with Gasteiger partial charge in [-0.25, -0.2) is 4.98 Å². The van der Waals surface area contributed by atoms with Crippen LogP contribution in [0.1, 0.15) is 16.4 Å². The van der Waals surface area contributed by atoms with Gasteiger partial charge in [0, 0.05) is 17.6 Å². The molecule has 4 nitrogen and oxygen atoms in total. The van der Waals surface area contributed by atoms with E-state index in [1.54, 1.807) is 17.5 Å². The summed E-state index contributed by atoms with van der Waals surface area (Å²) in [5.41, 5.74) is 5.50. The summed E-state index contributed by atoms with van der Waals surface area (Å²) in [5, 5.41) is 4.07. The molecule has 2 rings (SSSR count). The molecular formula is C10H13N3OS. The molecule has 80 valence electrons. The molecule has 2 heterocycles. The Balaban J connectivity index is 1.93. The number of aromatic nitrogens is 1. The molecule has 0 bridgehead atoms. The van der Waals surface area contributed by atoms with Crippen molar-refractivity contribution in [1.29, 1.82) is 0 Å². The third kappa shape index (κ3) is 2.57. The summed E-state index contributed by atoms with van der Waals surface area (Å²) in [5.74, 6) is 1.84. The van der Waals surface area contributed by atoms with Crippen LogP contribution >= 0.6 is 11.3 Å². The molecule has 2 aromatic heterocycles. The summed E-state index contributed by atoms with van der Waals surface area (Å²) in [6.07, 6.45) is 1.79. The van der Waals surface area contributed by atoms with E-state index < -0.39 is 0 Å². The highest BCUT2D eigenvalue weighted by atomic mass is 32.1. The van der Waals surface area contributed by atoms with Crippen molar-refractivity contribution in [2.24, 2.45) is 5.73 Å². The van der Waals surface area contributed by atoms with Crippen molar-refractivity contribution in [2.45, 2.75) is 20.0 Å². The largest absolute Gasteiger partial charge is 0.465 e. The van der Waals surface area contributed by atoms with Gasteiger partial charge in [0.05, 0.1) is 6.54 Å². The SMILES string of the molecule is Cc1ccc(CNc2ncc(CN)s2)o1. The molecule has 0 aliphatic rings. The fraction of sp³-hybridized carbons (Fsp3) is 0.300. The Kier molecular flexibility index (Phi) is 3.03. The van der Waals surface area contributed by atoms with Gasteiger partial charge in [0.15, 0.2) is 5.13 Å². The Hall–Kier alpha value is -1.33. The molecule has 0 aliphatic carbocycles. The van der Waals surface area contributed by atoms with Gasteiger partial charge in [0.1, 0.15) is 11.5 Å². The van der Waals surface area contributed by atoms with E-state index in [9.17, 15) is 0 Å². The van der Waals surface area contributed by atoms with Crippen LogP contribution in [0.2, 0.25) is 0 Å². The second-order valence-electron chi connectivity index (χ2n) is 3.20. The minimum absolute atomic E-state index is 0.541. The topological polar surface area (TPSA) is 64.1 Å². The van der Waals surface area contributed by atoms with E-state index in [-0.39, 0.29) is 0 Å². The third-order valence-corrected chi connectivity index (χ3v) is 2.94. The van der Waals surface area contributed by atoms with Gasteiger partial charge in [-0.3, -0.25) is 0 Å². The lowest BCUT2D eigenvalue weighted by Gasteiger charge is -1.98. The average molecular weight is 223 g/mol. The molecule has 0 radical (unpaired) electrons. The van der Waals surface area contributed by atoms with Crippen LogP contribution in [0.3, 0.4) is 0 Å². The van der Waals surface area contributed by atoms with Crippen molar-refractivity contribution in [3.8, 4) is 0 Å². The first-order valence-electron chi connectivity index (χ1n) is 4.72. The van der Waals surface area contributed by atoms with Crippen molar-refractivity contribution in [2.75, 3.05) is 5.32 Å². The maximum Gasteiger partial charge on any atom is 0.183 e. The van der Waals surface area contributed by atoms with Crippen LogP contribution in [-0.2, 0) is 13.1 Å². The number of thiazole rings is 1. The first kappa shape index (κ1) is 10.2. The van der Waals surface area contributed by atoms with Crippen LogP contribution in [0.4, 0.5) is 5.13 Å². The number of nitrogens with one attached hydrogen (secondary N) is 1. The van der Waals surface area contributed by atoms with E-state index >= 15 is 0 Å². The van der Waals surface area contributed by atoms with E-state index in [2.05, 4.69) is 10.3 Å². The highest BCUT2D eigenvalue weighted by Gasteiger charge is 2.02. The number of nitrogens with two attached hydrogens (primary N) is 1. The Morgan fingerprint density at radius 3 is 3.00 bits per heavy atom. The van der Waals surface area contributed by atoms with Crippen molar-refractivity contribution in [3.63, 3.8) is 0 Å². The average Bonchev–Trinajstić information content (AvgIpc) is 2.83. The first-order chi connectivity index (χ1) is 7.28. The van der Waals surface area contributed by atoms with Crippen molar-refractivity contribution < 1.29 is 4.42 Å². The standard InChI is InChI=1S/C10H13N3OS/c1-7-2-3-8(14-7)5-12-10-13-6-9(4-11)15-10/h2-3,6H,4-5,11H2,1H3,(H,12,13). The number of rotatable bonds is 4. The van der Waals surface area contributed by atoms with Crippen LogP contribution < -0.4 is 11.1 Å². The van der Waals surface area contributed by atoms with Crippen LogP contribution in [0.15, 0.2) is 22.7 Å². The molecule has 3 N–H and O–H groups in total. The van der Waals surface area contributed by atoms with Crippen LogP contribution in [0, 0.1) is 6.92 Å². The molecule has 0 aromatic carbocycles. The zero-order valence-corrected chi connectivity index (χ0v) is 9.30. The number of hydrogen-bond donors (Lipinski definition) is 2. The maximum atomic E-state index is 5.50. The zero-order chi connectivity index (χ0) is 10.7. The summed E-state index contributed by atoms with van der Waals surface area (Å²) in [6.45, 7) is 3.13. The van der Waals surface area contributed by atoms with Gasteiger partial charge in [0.2, 0.25) is 0 Å². The number of furan rings is 1. The van der Waals surface area contributed by atoms with Crippen molar-refractivity contribution in [3.05, 3.63) is 34.7 Å². The van der Waals surface area contributed by atoms with Gasteiger partial charge in [-0.15, -0.1) is 11.3 Å². The fourth-order valence-electron chi connectivity index (χ4n) is 1.23. The van der Waals surface area contributed by atoms with Gasteiger partial charge < -0.3 is 15.5 Å². The molecule has 0 unspecified atom stereocenters. The summed E-state index contributed by atoms with van der Waals surface area (Å²) in [7, 11) is 0. The van der Waals surface area contributed by atoms with Gasteiger partial charge >= 0.3 is 0 Å². The quantitative estimate of drug-likeness (QED) is 0.833. The van der Waals surface area contributed by atoms with E-state index in [1.165, 1.54) is 0 Å². The lowest BCUT2D eigenvalue weighted by atomic mass is 10.4. The van der Waals surface area contributed by atoms with Gasteiger partial charge in [0.25, 0.3) is 0 Å². The second kappa shape index (κ2) is 4.46. The van der Waals surface area contributed by atoms with Crippen molar-refractivity contribution in [1.82, 2.24) is 4.98 Å². The Bertz CT molecular complexity index is 435. The summed E-state index contributed by atoms with van der Waals surface area (Å²) < 4.78 is 5.43. The molecule has 0 fully saturated rings. The van der Waals surface area contributed by atoms with Crippen molar-refractivity contribution >= 4 is 16.5 Å². The molecule has 0 atom stereocenters. The lowest BCUT2D eigenvalue weighted by molar-refractivity contribution is 0.490. The number of aryl methyl sites for hydroxylation is 1. The zero-order valence-electron chi connectivity index (χ0n) is 8.49. The normalized spacial score (nSPS) is 10.5. The van der Waals surface area contributed by atoms with E-state index in [4.69, 9.17) is 10.2 Å². The molecule has 0 saturated heterocycles. The summed E-state index contributed by atoms with van der Waals surface area (Å²) >= 11 is 1.57. The number of hydrogen-bond acceptors (Lipinski definition) is 5. The molecule has 0 saturated carbocycles. The molecule has 0 amide bonds. The lowest BCUT2D eigenvalue weighted by Crippen LogP contribution is -1.96. The van der Waals surface area contributed by atoms with Gasteiger partial charge in [-0.2, -0.15) is 0 Å². The van der Waals surface area contributed by atoms with Crippen LogP contribution in [0.25, 0.3) is 0 Å². The van der Waals surface area contributed by atoms with E-state index in [1.807, 2.05) is 19.1 Å². The minimum atomic E-state index is 0.541. The Labute approximate surface area is 92.1 Å². The molecule has 5 heteroatoms. The second-order valence-corrected chi connectivity index (χ2v) is 4.32. The van der Waals surface area contributed by atoms with Crippen LogP contribution in [-0.4, -0.2) is 4.98 Å². The Morgan fingerprint density at radius 1 is 1.53 bits per heavy atom. The molecule has 2 aromatic rings. The maximum absolute atomic E-state index is 5.50. The highest BCUT2D eigenvalue weighted by Crippen LogP contribution is 2.18. The Morgan fingerprint density at radius 2 is 2.40 bits per heavy atom. The molecule has 0 spiro atoms.